The van der Waals surface area contributed by atoms with Gasteiger partial charge in [0.25, 0.3) is 0 Å². The molecule has 0 atom stereocenters. The van der Waals surface area contributed by atoms with E-state index in [0.717, 1.165) is 5.56 Å². The summed E-state index contributed by atoms with van der Waals surface area (Å²) in [5, 5.41) is -0.191. The lowest BCUT2D eigenvalue weighted by atomic mass is 9.91. The van der Waals surface area contributed by atoms with E-state index >= 15 is 0 Å². The molecule has 0 saturated carbocycles. The van der Waals surface area contributed by atoms with Crippen molar-refractivity contribution in [1.29, 1.82) is 0 Å². The van der Waals surface area contributed by atoms with Gasteiger partial charge in [-0.3, -0.25) is 4.79 Å². The predicted octanol–water partition coefficient (Wildman–Crippen LogP) is 4.21. The minimum Gasteiger partial charge on any atom is -0.282 e. The van der Waals surface area contributed by atoms with E-state index in [-0.39, 0.29) is 10.5 Å². The SMILES string of the molecule is C/C(=C\C(C)(C)C)c1ccc(C(=O)S)cc1. The molecule has 0 bridgehead atoms. The number of rotatable bonds is 2. The van der Waals surface area contributed by atoms with Gasteiger partial charge in [0, 0.05) is 5.56 Å². The van der Waals surface area contributed by atoms with E-state index in [1.165, 1.54) is 5.57 Å². The van der Waals surface area contributed by atoms with Crippen LogP contribution in [0.2, 0.25) is 0 Å². The number of hydrogen-bond acceptors (Lipinski definition) is 1. The van der Waals surface area contributed by atoms with Crippen molar-refractivity contribution in [3.05, 3.63) is 41.5 Å². The number of hydrogen-bond donors (Lipinski definition) is 1. The Balaban J connectivity index is 2.99. The molecule has 0 N–H and O–H groups in total. The van der Waals surface area contributed by atoms with Crippen molar-refractivity contribution in [2.75, 3.05) is 0 Å². The van der Waals surface area contributed by atoms with E-state index in [2.05, 4.69) is 46.4 Å². The van der Waals surface area contributed by atoms with Gasteiger partial charge in [0.15, 0.2) is 0 Å². The summed E-state index contributed by atoms with van der Waals surface area (Å²) in [5.41, 5.74) is 3.18. The minimum absolute atomic E-state index is 0.169. The third-order valence-corrected chi connectivity index (χ3v) is 2.49. The van der Waals surface area contributed by atoms with Gasteiger partial charge < -0.3 is 0 Å². The summed E-state index contributed by atoms with van der Waals surface area (Å²) in [7, 11) is 0. The first kappa shape index (κ1) is 13.0. The van der Waals surface area contributed by atoms with Gasteiger partial charge >= 0.3 is 0 Å². The van der Waals surface area contributed by atoms with Gasteiger partial charge in [-0.25, -0.2) is 0 Å². The third-order valence-electron chi connectivity index (χ3n) is 2.24. The molecule has 0 spiro atoms. The monoisotopic (exact) mass is 234 g/mol. The molecule has 0 amide bonds. The summed E-state index contributed by atoms with van der Waals surface area (Å²) < 4.78 is 0. The van der Waals surface area contributed by atoms with Gasteiger partial charge in [0.05, 0.1) is 0 Å². The highest BCUT2D eigenvalue weighted by molar-refractivity contribution is 7.97. The van der Waals surface area contributed by atoms with Crippen molar-refractivity contribution in [3.8, 4) is 0 Å². The molecule has 0 aliphatic carbocycles. The van der Waals surface area contributed by atoms with Crippen molar-refractivity contribution in [2.24, 2.45) is 5.41 Å². The fraction of sp³-hybridized carbons (Fsp3) is 0.357. The third kappa shape index (κ3) is 3.86. The Bertz CT molecular complexity index is 407. The zero-order valence-electron chi connectivity index (χ0n) is 10.2. The number of thiol groups is 1. The number of allylic oxidation sites excluding steroid dienone is 2. The second kappa shape index (κ2) is 4.88. The Kier molecular flexibility index (Phi) is 3.98. The molecule has 0 saturated heterocycles. The van der Waals surface area contributed by atoms with Gasteiger partial charge in [0.2, 0.25) is 5.12 Å². The average Bonchev–Trinajstić information content (AvgIpc) is 2.15. The first-order chi connectivity index (χ1) is 7.29. The number of carbonyl (C=O) groups is 1. The summed E-state index contributed by atoms with van der Waals surface area (Å²) in [6.07, 6.45) is 2.23. The van der Waals surface area contributed by atoms with Crippen molar-refractivity contribution in [2.45, 2.75) is 27.7 Å². The lowest BCUT2D eigenvalue weighted by Crippen LogP contribution is -2.00. The van der Waals surface area contributed by atoms with Crippen molar-refractivity contribution in [3.63, 3.8) is 0 Å². The van der Waals surface area contributed by atoms with Crippen LogP contribution in [0.4, 0.5) is 0 Å². The Morgan fingerprint density at radius 2 is 1.56 bits per heavy atom. The van der Waals surface area contributed by atoms with E-state index in [1.54, 1.807) is 0 Å². The van der Waals surface area contributed by atoms with E-state index in [0.29, 0.717) is 5.56 Å². The molecular formula is C14H18OS. The lowest BCUT2D eigenvalue weighted by molar-refractivity contribution is 0.109. The quantitative estimate of drug-likeness (QED) is 0.759. The molecule has 16 heavy (non-hydrogen) atoms. The molecular weight excluding hydrogens is 216 g/mol. The van der Waals surface area contributed by atoms with Crippen LogP contribution in [0.3, 0.4) is 0 Å². The maximum atomic E-state index is 11.0. The van der Waals surface area contributed by atoms with E-state index in [9.17, 15) is 4.79 Å². The molecule has 2 heteroatoms. The maximum Gasteiger partial charge on any atom is 0.216 e. The van der Waals surface area contributed by atoms with Gasteiger partial charge in [-0.05, 0) is 35.6 Å². The molecule has 1 nitrogen and oxygen atoms in total. The van der Waals surface area contributed by atoms with Crippen LogP contribution in [0.25, 0.3) is 5.57 Å². The molecule has 86 valence electrons. The molecule has 0 aliphatic rings. The van der Waals surface area contributed by atoms with Crippen molar-refractivity contribution in [1.82, 2.24) is 0 Å². The van der Waals surface area contributed by atoms with Crippen LogP contribution in [0, 0.1) is 5.41 Å². The van der Waals surface area contributed by atoms with Crippen LogP contribution in [0.5, 0.6) is 0 Å². The molecule has 0 radical (unpaired) electrons. The zero-order chi connectivity index (χ0) is 12.3. The molecule has 1 aromatic carbocycles. The first-order valence-electron chi connectivity index (χ1n) is 5.33. The van der Waals surface area contributed by atoms with Crippen LogP contribution in [0.15, 0.2) is 30.3 Å². The van der Waals surface area contributed by atoms with Crippen molar-refractivity contribution < 1.29 is 4.79 Å². The Labute approximate surface area is 103 Å². The van der Waals surface area contributed by atoms with Crippen molar-refractivity contribution >= 4 is 23.3 Å². The Hall–Kier alpha value is -1.02. The van der Waals surface area contributed by atoms with Crippen LogP contribution in [0.1, 0.15) is 43.6 Å². The second-order valence-corrected chi connectivity index (χ2v) is 5.48. The van der Waals surface area contributed by atoms with E-state index in [4.69, 9.17) is 0 Å². The lowest BCUT2D eigenvalue weighted by Gasteiger charge is -2.14. The standard InChI is InChI=1S/C14H18OS/c1-10(9-14(2,3)4)11-5-7-12(8-6-11)13(15)16/h5-9H,1-4H3,(H,15,16)/b10-9+. The van der Waals surface area contributed by atoms with E-state index in [1.807, 2.05) is 24.3 Å². The minimum atomic E-state index is -0.191. The number of carbonyl (C=O) groups excluding carboxylic acids is 1. The normalized spacial score (nSPS) is 12.7. The summed E-state index contributed by atoms with van der Waals surface area (Å²) in [6.45, 7) is 8.59. The van der Waals surface area contributed by atoms with E-state index < -0.39 is 0 Å². The Morgan fingerprint density at radius 3 is 1.94 bits per heavy atom. The summed E-state index contributed by atoms with van der Waals surface area (Å²) in [6, 6.07) is 7.54. The molecule has 1 aromatic rings. The molecule has 0 heterocycles. The number of benzene rings is 1. The molecule has 0 aliphatic heterocycles. The molecule has 1 rings (SSSR count). The largest absolute Gasteiger partial charge is 0.282 e. The molecule has 0 unspecified atom stereocenters. The Morgan fingerprint density at radius 1 is 1.12 bits per heavy atom. The van der Waals surface area contributed by atoms with Crippen LogP contribution < -0.4 is 0 Å². The summed E-state index contributed by atoms with van der Waals surface area (Å²) in [5.74, 6) is 0. The maximum absolute atomic E-state index is 11.0. The topological polar surface area (TPSA) is 17.1 Å². The van der Waals surface area contributed by atoms with Crippen LogP contribution >= 0.6 is 12.6 Å². The first-order valence-corrected chi connectivity index (χ1v) is 5.77. The summed E-state index contributed by atoms with van der Waals surface area (Å²) in [4.78, 5) is 11.0. The fourth-order valence-electron chi connectivity index (χ4n) is 1.61. The van der Waals surface area contributed by atoms with Gasteiger partial charge in [-0.2, -0.15) is 0 Å². The average molecular weight is 234 g/mol. The highest BCUT2D eigenvalue weighted by Gasteiger charge is 2.07. The predicted molar refractivity (Wildman–Crippen MR) is 72.9 cm³/mol. The zero-order valence-corrected chi connectivity index (χ0v) is 11.1. The van der Waals surface area contributed by atoms with Gasteiger partial charge in [-0.15, -0.1) is 12.6 Å². The van der Waals surface area contributed by atoms with Crippen LogP contribution in [-0.2, 0) is 0 Å². The van der Waals surface area contributed by atoms with Gasteiger partial charge in [0.1, 0.15) is 0 Å². The highest BCUT2D eigenvalue weighted by Crippen LogP contribution is 2.23. The molecule has 0 aromatic heterocycles. The fourth-order valence-corrected chi connectivity index (χ4v) is 1.76. The molecule has 0 fully saturated rings. The second-order valence-electron chi connectivity index (χ2n) is 5.08. The highest BCUT2D eigenvalue weighted by atomic mass is 32.1. The smallest absolute Gasteiger partial charge is 0.216 e. The van der Waals surface area contributed by atoms with Crippen LogP contribution in [-0.4, -0.2) is 5.12 Å². The summed E-state index contributed by atoms with van der Waals surface area (Å²) >= 11 is 3.79. The van der Waals surface area contributed by atoms with Gasteiger partial charge in [-0.1, -0.05) is 39.0 Å².